The fourth-order valence-electron chi connectivity index (χ4n) is 6.49. The third-order valence-corrected chi connectivity index (χ3v) is 8.99. The number of amides is 4. The van der Waals surface area contributed by atoms with Crippen molar-refractivity contribution in [3.63, 3.8) is 0 Å². The molecule has 6 rings (SSSR count). The molecule has 0 bridgehead atoms. The van der Waals surface area contributed by atoms with Gasteiger partial charge in [-0.1, -0.05) is 35.4 Å². The molecule has 2 aromatic rings. The molecule has 0 aromatic heterocycles. The Hall–Kier alpha value is -3.83. The minimum atomic E-state index is -0.662. The molecule has 0 saturated carbocycles. The predicted molar refractivity (Wildman–Crippen MR) is 157 cm³/mol. The quantitative estimate of drug-likeness (QED) is 0.465. The summed E-state index contributed by atoms with van der Waals surface area (Å²) in [7, 11) is 1.63. The molecule has 4 heterocycles. The van der Waals surface area contributed by atoms with Crippen LogP contribution in [0.2, 0.25) is 0 Å². The van der Waals surface area contributed by atoms with Crippen LogP contribution in [0.1, 0.15) is 18.4 Å². The lowest BCUT2D eigenvalue weighted by Crippen LogP contribution is -2.54. The number of rotatable bonds is 7. The summed E-state index contributed by atoms with van der Waals surface area (Å²) in [4.78, 5) is 54.7. The highest BCUT2D eigenvalue weighted by Crippen LogP contribution is 2.26. The molecule has 0 N–H and O–H groups in total. The zero-order valence-corrected chi connectivity index (χ0v) is 24.3. The maximum absolute atomic E-state index is 13.2. The average molecular weight is 577 g/mol. The largest absolute Gasteiger partial charge is 0.497 e. The lowest BCUT2D eigenvalue weighted by molar-refractivity contribution is -0.152. The highest BCUT2D eigenvalue weighted by molar-refractivity contribution is 6.04. The van der Waals surface area contributed by atoms with E-state index in [1.807, 2.05) is 30.3 Å². The van der Waals surface area contributed by atoms with Crippen LogP contribution in [-0.4, -0.2) is 121 Å². The van der Waals surface area contributed by atoms with Crippen LogP contribution in [0.15, 0.2) is 54.6 Å². The normalized spacial score (nSPS) is 22.5. The van der Waals surface area contributed by atoms with Crippen molar-refractivity contribution in [3.8, 4) is 5.75 Å². The Bertz CT molecular complexity index is 1240. The van der Waals surface area contributed by atoms with Crippen molar-refractivity contribution >= 4 is 23.7 Å². The number of fused-ring (bicyclic) bond motifs is 1. The molecule has 11 nitrogen and oxygen atoms in total. The van der Waals surface area contributed by atoms with Crippen molar-refractivity contribution in [2.45, 2.75) is 25.4 Å². The number of hydrogen-bond donors (Lipinski definition) is 0. The summed E-state index contributed by atoms with van der Waals surface area (Å²) in [5.74, 6) is 0.911. The first-order chi connectivity index (χ1) is 20.5. The zero-order valence-electron chi connectivity index (χ0n) is 24.3. The average Bonchev–Trinajstić information content (AvgIpc) is 3.26. The van der Waals surface area contributed by atoms with Gasteiger partial charge in [0.2, 0.25) is 0 Å². The predicted octanol–water partition coefficient (Wildman–Crippen LogP) is 2.73. The van der Waals surface area contributed by atoms with E-state index in [1.165, 1.54) is 5.56 Å². The second kappa shape index (κ2) is 12.6. The number of nitrogens with zero attached hydrogens (tertiary/aromatic N) is 6. The van der Waals surface area contributed by atoms with Crippen molar-refractivity contribution < 1.29 is 24.0 Å². The van der Waals surface area contributed by atoms with E-state index < -0.39 is 24.1 Å². The summed E-state index contributed by atoms with van der Waals surface area (Å²) < 4.78 is 5.23. The zero-order chi connectivity index (χ0) is 29.1. The molecule has 4 saturated heterocycles. The number of carbonyl (C=O) groups excluding carboxylic acids is 3. The van der Waals surface area contributed by atoms with Crippen LogP contribution in [0.5, 0.6) is 5.75 Å². The number of piperidine rings is 1. The van der Waals surface area contributed by atoms with Crippen molar-refractivity contribution in [1.29, 1.82) is 0 Å². The molecule has 4 amide bonds. The van der Waals surface area contributed by atoms with E-state index in [1.54, 1.807) is 16.9 Å². The van der Waals surface area contributed by atoms with Gasteiger partial charge in [0.05, 0.1) is 7.11 Å². The highest BCUT2D eigenvalue weighted by Gasteiger charge is 2.50. The first-order valence-corrected chi connectivity index (χ1v) is 15.0. The molecule has 0 aliphatic carbocycles. The fourth-order valence-corrected chi connectivity index (χ4v) is 6.49. The van der Waals surface area contributed by atoms with Crippen molar-refractivity contribution in [1.82, 2.24) is 24.7 Å². The molecule has 224 valence electrons. The summed E-state index contributed by atoms with van der Waals surface area (Å²) in [6.45, 7) is 7.81. The van der Waals surface area contributed by atoms with Crippen molar-refractivity contribution in [2.24, 2.45) is 5.92 Å². The lowest BCUT2D eigenvalue weighted by Gasteiger charge is -2.39. The Morgan fingerprint density at radius 3 is 2.24 bits per heavy atom. The van der Waals surface area contributed by atoms with Crippen LogP contribution < -0.4 is 9.64 Å². The van der Waals surface area contributed by atoms with Gasteiger partial charge >= 0.3 is 12.1 Å². The van der Waals surface area contributed by atoms with Gasteiger partial charge in [0.1, 0.15) is 11.8 Å². The molecule has 0 radical (unpaired) electrons. The van der Waals surface area contributed by atoms with Crippen LogP contribution in [0.3, 0.4) is 0 Å². The minimum Gasteiger partial charge on any atom is -0.497 e. The van der Waals surface area contributed by atoms with Gasteiger partial charge in [-0.25, -0.2) is 9.59 Å². The first kappa shape index (κ1) is 28.3. The number of urea groups is 1. The van der Waals surface area contributed by atoms with Crippen molar-refractivity contribution in [2.75, 3.05) is 77.5 Å². The summed E-state index contributed by atoms with van der Waals surface area (Å²) in [5.41, 5.74) is 2.39. The second-order valence-electron chi connectivity index (χ2n) is 11.6. The van der Waals surface area contributed by atoms with E-state index in [9.17, 15) is 14.4 Å². The molecule has 4 fully saturated rings. The number of anilines is 1. The summed E-state index contributed by atoms with van der Waals surface area (Å²) in [6, 6.07) is 17.2. The molecular weight excluding hydrogens is 536 g/mol. The fraction of sp³-hybridized carbons (Fsp3) is 0.516. The molecule has 1 unspecified atom stereocenters. The van der Waals surface area contributed by atoms with Crippen molar-refractivity contribution in [3.05, 3.63) is 60.2 Å². The highest BCUT2D eigenvalue weighted by atomic mass is 16.7. The number of ether oxygens (including phenoxy) is 1. The SMILES string of the molecule is COc1ccc(N2CCN(C(=O)ON3C(=O)C4CN(CC5CCN(Cc6ccccc6)CC5)CCN4C3=O)CC2)cc1. The van der Waals surface area contributed by atoms with Crippen LogP contribution in [0.4, 0.5) is 15.3 Å². The van der Waals surface area contributed by atoms with Crippen LogP contribution in [-0.2, 0) is 16.2 Å². The van der Waals surface area contributed by atoms with Gasteiger partial charge in [0.15, 0.2) is 0 Å². The summed E-state index contributed by atoms with van der Waals surface area (Å²) >= 11 is 0. The van der Waals surface area contributed by atoms with Crippen LogP contribution in [0.25, 0.3) is 0 Å². The molecule has 4 aliphatic heterocycles. The molecule has 42 heavy (non-hydrogen) atoms. The van der Waals surface area contributed by atoms with E-state index in [4.69, 9.17) is 9.57 Å². The van der Waals surface area contributed by atoms with E-state index in [-0.39, 0.29) is 0 Å². The van der Waals surface area contributed by atoms with E-state index in [2.05, 4.69) is 39.0 Å². The lowest BCUT2D eigenvalue weighted by atomic mass is 9.95. The van der Waals surface area contributed by atoms with Gasteiger partial charge in [-0.3, -0.25) is 14.6 Å². The van der Waals surface area contributed by atoms with Gasteiger partial charge in [-0.15, -0.1) is 0 Å². The molecule has 0 spiro atoms. The van der Waals surface area contributed by atoms with Gasteiger partial charge in [-0.2, -0.15) is 0 Å². The van der Waals surface area contributed by atoms with Gasteiger partial charge in [0, 0.05) is 64.6 Å². The third-order valence-electron chi connectivity index (χ3n) is 8.99. The Kier molecular flexibility index (Phi) is 8.48. The van der Waals surface area contributed by atoms with Crippen LogP contribution >= 0.6 is 0 Å². The standard InChI is InChI=1S/C31H40N6O5/c1-41-27-9-7-26(8-10-27)34-16-18-35(19-17-34)31(40)42-37-29(38)28-23-33(15-20-36(28)30(37)39)22-25-11-13-32(14-12-25)21-24-5-3-2-4-6-24/h2-10,25,28H,11-23H2,1H3. The molecule has 1 atom stereocenters. The number of benzene rings is 2. The van der Waals surface area contributed by atoms with E-state index in [0.717, 1.165) is 57.0 Å². The van der Waals surface area contributed by atoms with E-state index >= 15 is 0 Å². The van der Waals surface area contributed by atoms with Gasteiger partial charge in [0.25, 0.3) is 5.91 Å². The number of methoxy groups -OCH3 is 1. The maximum atomic E-state index is 13.2. The number of carbonyl (C=O) groups is 3. The number of hydroxylamine groups is 2. The summed E-state index contributed by atoms with van der Waals surface area (Å²) in [5, 5.41) is 0.689. The monoisotopic (exact) mass is 576 g/mol. The van der Waals surface area contributed by atoms with Gasteiger partial charge < -0.3 is 24.3 Å². The molecular formula is C31H40N6O5. The van der Waals surface area contributed by atoms with Gasteiger partial charge in [-0.05, 0) is 61.7 Å². The number of likely N-dealkylation sites (tertiary alicyclic amines) is 1. The Balaban J connectivity index is 0.958. The second-order valence-corrected chi connectivity index (χ2v) is 11.6. The van der Waals surface area contributed by atoms with E-state index in [0.29, 0.717) is 50.2 Å². The third kappa shape index (κ3) is 6.17. The number of hydrogen-bond acceptors (Lipinski definition) is 8. The molecule has 2 aromatic carbocycles. The Morgan fingerprint density at radius 1 is 0.833 bits per heavy atom. The minimum absolute atomic E-state index is 0.437. The number of piperazine rings is 2. The maximum Gasteiger partial charge on any atom is 0.434 e. The smallest absolute Gasteiger partial charge is 0.434 e. The number of imide groups is 1. The Labute approximate surface area is 247 Å². The Morgan fingerprint density at radius 2 is 1.55 bits per heavy atom. The molecule has 4 aliphatic rings. The first-order valence-electron chi connectivity index (χ1n) is 15.0. The topological polar surface area (TPSA) is 89.1 Å². The molecule has 11 heteroatoms. The summed E-state index contributed by atoms with van der Waals surface area (Å²) in [6.07, 6.45) is 1.59. The van der Waals surface area contributed by atoms with Crippen LogP contribution in [0, 0.1) is 5.92 Å².